The summed E-state index contributed by atoms with van der Waals surface area (Å²) in [5.41, 5.74) is -1.08. The van der Waals surface area contributed by atoms with Crippen molar-refractivity contribution in [1.82, 2.24) is 0 Å². The van der Waals surface area contributed by atoms with E-state index in [1.165, 1.54) is 0 Å². The molecule has 0 heterocycles. The van der Waals surface area contributed by atoms with Crippen molar-refractivity contribution in [2.75, 3.05) is 0 Å². The van der Waals surface area contributed by atoms with Crippen molar-refractivity contribution < 1.29 is 30.9 Å². The highest BCUT2D eigenvalue weighted by atomic mass is 16.4. The zero-order valence-electron chi connectivity index (χ0n) is 8.76. The Bertz CT molecular complexity index is 440. The summed E-state index contributed by atoms with van der Waals surface area (Å²) in [5, 5.41) is 62.1. The third-order valence-electron chi connectivity index (χ3n) is 2.09. The molecule has 1 aromatic carbocycles. The minimum Gasteiger partial charge on any atom is -0.506 e. The van der Waals surface area contributed by atoms with Crippen LogP contribution in [0.2, 0.25) is 0 Å². The Morgan fingerprint density at radius 3 is 0.944 bits per heavy atom. The number of nitrogens with zero attached hydrogens (tertiary/aromatic N) is 3. The molecule has 0 unspecified atom stereocenters. The van der Waals surface area contributed by atoms with Gasteiger partial charge in [0.2, 0.25) is 0 Å². The normalized spacial score (nSPS) is 12.0. The minimum atomic E-state index is -0.685. The van der Waals surface area contributed by atoms with E-state index in [-0.39, 0.29) is 16.7 Å². The first-order valence-corrected chi connectivity index (χ1v) is 4.41. The van der Waals surface area contributed by atoms with Gasteiger partial charge in [-0.05, 0) is 0 Å². The van der Waals surface area contributed by atoms with Crippen molar-refractivity contribution in [3.8, 4) is 17.2 Å². The van der Waals surface area contributed by atoms with Gasteiger partial charge in [0.25, 0.3) is 0 Å². The lowest BCUT2D eigenvalue weighted by atomic mass is 10.0. The van der Waals surface area contributed by atoms with Gasteiger partial charge in [0, 0.05) is 0 Å². The third-order valence-corrected chi connectivity index (χ3v) is 2.09. The van der Waals surface area contributed by atoms with Gasteiger partial charge < -0.3 is 30.9 Å². The average Bonchev–Trinajstić information content (AvgIpc) is 2.35. The fourth-order valence-electron chi connectivity index (χ4n) is 1.31. The van der Waals surface area contributed by atoms with Gasteiger partial charge in [0.1, 0.15) is 17.2 Å². The van der Waals surface area contributed by atoms with E-state index in [4.69, 9.17) is 15.6 Å². The maximum atomic E-state index is 9.67. The van der Waals surface area contributed by atoms with Crippen LogP contribution in [-0.2, 0) is 0 Å². The summed E-state index contributed by atoms with van der Waals surface area (Å²) in [7, 11) is 0. The zero-order chi connectivity index (χ0) is 13.7. The highest BCUT2D eigenvalue weighted by Gasteiger charge is 2.21. The maximum absolute atomic E-state index is 9.67. The largest absolute Gasteiger partial charge is 0.506 e. The van der Waals surface area contributed by atoms with E-state index >= 15 is 0 Å². The summed E-state index contributed by atoms with van der Waals surface area (Å²) in [6, 6.07) is 0. The van der Waals surface area contributed by atoms with E-state index in [1.54, 1.807) is 0 Å². The van der Waals surface area contributed by atoms with Crippen LogP contribution in [0.3, 0.4) is 0 Å². The summed E-state index contributed by atoms with van der Waals surface area (Å²) >= 11 is 0. The molecule has 1 rings (SSSR count). The quantitative estimate of drug-likeness (QED) is 0.257. The molecule has 0 radical (unpaired) electrons. The average molecular weight is 255 g/mol. The lowest BCUT2D eigenvalue weighted by Crippen LogP contribution is -1.97. The number of aromatic hydroxyl groups is 3. The monoisotopic (exact) mass is 255 g/mol. The summed E-state index contributed by atoms with van der Waals surface area (Å²) in [4.78, 5) is 0. The Labute approximate surface area is 99.8 Å². The van der Waals surface area contributed by atoms with E-state index in [0.717, 1.165) is 0 Å². The number of hydrogen-bond acceptors (Lipinski definition) is 9. The Morgan fingerprint density at radius 1 is 0.556 bits per heavy atom. The summed E-state index contributed by atoms with van der Waals surface area (Å²) in [6.07, 6.45) is 2.06. The first-order chi connectivity index (χ1) is 8.58. The molecule has 0 aliphatic rings. The van der Waals surface area contributed by atoms with Gasteiger partial charge in [-0.15, -0.1) is 0 Å². The van der Waals surface area contributed by atoms with Crippen LogP contribution in [0, 0.1) is 0 Å². The van der Waals surface area contributed by atoms with E-state index in [9.17, 15) is 15.3 Å². The standard InChI is InChI=1S/C9H9N3O6/c13-7-4(1-10-16)8(14)6(3-12-18)9(15)5(7)2-11-17/h1-3,13-18H/b10-1+,11-2+,12-3+. The molecule has 9 heteroatoms. The third kappa shape index (κ3) is 2.09. The van der Waals surface area contributed by atoms with Gasteiger partial charge in [-0.25, -0.2) is 0 Å². The topological polar surface area (TPSA) is 158 Å². The maximum Gasteiger partial charge on any atom is 0.140 e. The summed E-state index contributed by atoms with van der Waals surface area (Å²) in [5.74, 6) is -2.05. The lowest BCUT2D eigenvalue weighted by Gasteiger charge is -2.11. The molecule has 0 aliphatic carbocycles. The summed E-state index contributed by atoms with van der Waals surface area (Å²) < 4.78 is 0. The molecule has 96 valence electrons. The van der Waals surface area contributed by atoms with Crippen LogP contribution < -0.4 is 0 Å². The number of benzene rings is 1. The first-order valence-electron chi connectivity index (χ1n) is 4.41. The molecule has 0 atom stereocenters. The molecular formula is C9H9N3O6. The Kier molecular flexibility index (Phi) is 3.92. The molecule has 1 aromatic rings. The Balaban J connectivity index is 3.74. The molecule has 18 heavy (non-hydrogen) atoms. The van der Waals surface area contributed by atoms with Crippen LogP contribution in [0.4, 0.5) is 0 Å². The zero-order valence-corrected chi connectivity index (χ0v) is 8.76. The van der Waals surface area contributed by atoms with Gasteiger partial charge in [-0.3, -0.25) is 0 Å². The van der Waals surface area contributed by atoms with E-state index in [1.807, 2.05) is 0 Å². The molecule has 0 saturated heterocycles. The van der Waals surface area contributed by atoms with E-state index in [0.29, 0.717) is 18.6 Å². The Morgan fingerprint density at radius 2 is 0.778 bits per heavy atom. The second-order valence-electron chi connectivity index (χ2n) is 3.02. The van der Waals surface area contributed by atoms with Crippen molar-refractivity contribution in [3.05, 3.63) is 16.7 Å². The molecule has 6 N–H and O–H groups in total. The molecular weight excluding hydrogens is 246 g/mol. The second-order valence-corrected chi connectivity index (χ2v) is 3.02. The van der Waals surface area contributed by atoms with Crippen LogP contribution in [-0.4, -0.2) is 49.6 Å². The van der Waals surface area contributed by atoms with Crippen LogP contribution in [0.15, 0.2) is 15.5 Å². The molecule has 0 amide bonds. The van der Waals surface area contributed by atoms with Crippen LogP contribution in [0.1, 0.15) is 16.7 Å². The van der Waals surface area contributed by atoms with Crippen molar-refractivity contribution in [1.29, 1.82) is 0 Å². The smallest absolute Gasteiger partial charge is 0.140 e. The van der Waals surface area contributed by atoms with Gasteiger partial charge >= 0.3 is 0 Å². The van der Waals surface area contributed by atoms with Crippen molar-refractivity contribution in [2.24, 2.45) is 15.5 Å². The number of oxime groups is 3. The number of rotatable bonds is 3. The second kappa shape index (κ2) is 5.39. The van der Waals surface area contributed by atoms with Crippen LogP contribution in [0.25, 0.3) is 0 Å². The predicted molar refractivity (Wildman–Crippen MR) is 59.6 cm³/mol. The number of phenols is 3. The fraction of sp³-hybridized carbons (Fsp3) is 0. The molecule has 0 fully saturated rings. The van der Waals surface area contributed by atoms with E-state index < -0.39 is 17.2 Å². The van der Waals surface area contributed by atoms with Gasteiger partial charge in [-0.1, -0.05) is 15.5 Å². The summed E-state index contributed by atoms with van der Waals surface area (Å²) in [6.45, 7) is 0. The van der Waals surface area contributed by atoms with Crippen molar-refractivity contribution in [3.63, 3.8) is 0 Å². The molecule has 0 aliphatic heterocycles. The van der Waals surface area contributed by atoms with Gasteiger partial charge in [-0.2, -0.15) is 0 Å². The lowest BCUT2D eigenvalue weighted by molar-refractivity contribution is 0.320. The molecule has 0 bridgehead atoms. The van der Waals surface area contributed by atoms with Crippen molar-refractivity contribution >= 4 is 18.6 Å². The fourth-order valence-corrected chi connectivity index (χ4v) is 1.31. The molecule has 9 nitrogen and oxygen atoms in total. The minimum absolute atomic E-state index is 0.361. The molecule has 0 spiro atoms. The molecule has 0 saturated carbocycles. The van der Waals surface area contributed by atoms with Crippen molar-refractivity contribution in [2.45, 2.75) is 0 Å². The molecule has 0 aromatic heterocycles. The Hall–Kier alpha value is -2.97. The van der Waals surface area contributed by atoms with E-state index in [2.05, 4.69) is 15.5 Å². The van der Waals surface area contributed by atoms with Crippen LogP contribution in [0.5, 0.6) is 17.2 Å². The van der Waals surface area contributed by atoms with Gasteiger partial charge in [0.05, 0.1) is 35.3 Å². The van der Waals surface area contributed by atoms with Gasteiger partial charge in [0.15, 0.2) is 0 Å². The predicted octanol–water partition coefficient (Wildman–Crippen LogP) is 0.228. The number of phenolic OH excluding ortho intramolecular Hbond substituents is 3. The SMILES string of the molecule is O/N=C/c1c(O)c(/C=N/O)c(O)c(/C=N/O)c1O. The van der Waals surface area contributed by atoms with Crippen LogP contribution >= 0.6 is 0 Å². The number of hydrogen-bond donors (Lipinski definition) is 6. The highest BCUT2D eigenvalue weighted by molar-refractivity contribution is 6.03. The first kappa shape index (κ1) is 13.1. The highest BCUT2D eigenvalue weighted by Crippen LogP contribution is 2.39.